The number of pyridine rings is 1. The van der Waals surface area contributed by atoms with Gasteiger partial charge in [0.15, 0.2) is 0 Å². The van der Waals surface area contributed by atoms with Crippen LogP contribution in [0, 0.1) is 0 Å². The first-order valence-corrected chi connectivity index (χ1v) is 5.73. The van der Waals surface area contributed by atoms with Crippen molar-refractivity contribution in [1.29, 1.82) is 0 Å². The van der Waals surface area contributed by atoms with Crippen molar-refractivity contribution >= 4 is 22.3 Å². The molecule has 2 aromatic carbocycles. The van der Waals surface area contributed by atoms with E-state index in [-0.39, 0.29) is 5.75 Å². The molecule has 0 aliphatic carbocycles. The van der Waals surface area contributed by atoms with Crippen LogP contribution in [0.15, 0.2) is 60.8 Å². The number of nitrogens with one attached hydrogen (secondary N) is 1. The average molecular weight is 236 g/mol. The summed E-state index contributed by atoms with van der Waals surface area (Å²) in [6.07, 6.45) is 1.78. The summed E-state index contributed by atoms with van der Waals surface area (Å²) in [5, 5.41) is 14.0. The van der Waals surface area contributed by atoms with E-state index in [1.807, 2.05) is 42.5 Å². The zero-order valence-corrected chi connectivity index (χ0v) is 9.67. The highest BCUT2D eigenvalue weighted by Crippen LogP contribution is 2.27. The standard InChI is InChI=1S/C15H12N2O/c18-15-6-2-1-5-14(15)17-12-7-8-13-11(10-12)4-3-9-16-13/h1-10,17-18H. The Hall–Kier alpha value is -2.55. The van der Waals surface area contributed by atoms with E-state index < -0.39 is 0 Å². The van der Waals surface area contributed by atoms with Crippen molar-refractivity contribution in [3.05, 3.63) is 60.8 Å². The molecule has 0 fully saturated rings. The molecule has 0 saturated heterocycles. The Balaban J connectivity index is 1.98. The van der Waals surface area contributed by atoms with Crippen LogP contribution < -0.4 is 5.32 Å². The van der Waals surface area contributed by atoms with Gasteiger partial charge in [-0.25, -0.2) is 0 Å². The molecule has 0 bridgehead atoms. The van der Waals surface area contributed by atoms with Crippen LogP contribution in [-0.4, -0.2) is 10.1 Å². The first kappa shape index (κ1) is 10.6. The smallest absolute Gasteiger partial charge is 0.139 e. The fraction of sp³-hybridized carbons (Fsp3) is 0. The summed E-state index contributed by atoms with van der Waals surface area (Å²) >= 11 is 0. The molecule has 3 nitrogen and oxygen atoms in total. The second kappa shape index (κ2) is 4.37. The van der Waals surface area contributed by atoms with E-state index in [1.165, 1.54) is 0 Å². The van der Waals surface area contributed by atoms with Crippen LogP contribution in [0.1, 0.15) is 0 Å². The molecule has 0 unspecified atom stereocenters. The average Bonchev–Trinajstić information content (AvgIpc) is 2.41. The maximum absolute atomic E-state index is 9.71. The number of benzene rings is 2. The number of phenolic OH excluding ortho intramolecular Hbond substituents is 1. The van der Waals surface area contributed by atoms with E-state index in [0.717, 1.165) is 16.6 Å². The van der Waals surface area contributed by atoms with Crippen molar-refractivity contribution in [1.82, 2.24) is 4.98 Å². The third-order valence-electron chi connectivity index (χ3n) is 2.79. The lowest BCUT2D eigenvalue weighted by molar-refractivity contribution is 0.478. The predicted octanol–water partition coefficient (Wildman–Crippen LogP) is 3.68. The molecule has 18 heavy (non-hydrogen) atoms. The van der Waals surface area contributed by atoms with Gasteiger partial charge in [0.2, 0.25) is 0 Å². The minimum Gasteiger partial charge on any atom is -0.506 e. The van der Waals surface area contributed by atoms with Crippen LogP contribution >= 0.6 is 0 Å². The summed E-state index contributed by atoms with van der Waals surface area (Å²) in [6.45, 7) is 0. The maximum atomic E-state index is 9.71. The van der Waals surface area contributed by atoms with Gasteiger partial charge < -0.3 is 10.4 Å². The maximum Gasteiger partial charge on any atom is 0.139 e. The largest absolute Gasteiger partial charge is 0.506 e. The molecule has 0 aliphatic rings. The number of hydrogen-bond donors (Lipinski definition) is 2. The van der Waals surface area contributed by atoms with Gasteiger partial charge in [-0.2, -0.15) is 0 Å². The molecule has 1 heterocycles. The molecule has 3 aromatic rings. The number of fused-ring (bicyclic) bond motifs is 1. The molecule has 0 amide bonds. The Morgan fingerprint density at radius 2 is 1.83 bits per heavy atom. The molecule has 0 saturated carbocycles. The number of rotatable bonds is 2. The Morgan fingerprint density at radius 3 is 2.72 bits per heavy atom. The number of para-hydroxylation sites is 2. The van der Waals surface area contributed by atoms with Crippen molar-refractivity contribution < 1.29 is 5.11 Å². The summed E-state index contributed by atoms with van der Waals surface area (Å²) in [5.74, 6) is 0.240. The molecule has 0 radical (unpaired) electrons. The van der Waals surface area contributed by atoms with Gasteiger partial charge in [0, 0.05) is 17.3 Å². The zero-order chi connectivity index (χ0) is 12.4. The minimum atomic E-state index is 0.240. The number of nitrogens with zero attached hydrogens (tertiary/aromatic N) is 1. The number of hydrogen-bond acceptors (Lipinski definition) is 3. The molecular formula is C15H12N2O. The van der Waals surface area contributed by atoms with Gasteiger partial charge in [-0.1, -0.05) is 18.2 Å². The highest BCUT2D eigenvalue weighted by Gasteiger charge is 2.01. The molecular weight excluding hydrogens is 224 g/mol. The predicted molar refractivity (Wildman–Crippen MR) is 73.1 cm³/mol. The first-order valence-electron chi connectivity index (χ1n) is 5.73. The van der Waals surface area contributed by atoms with Crippen LogP contribution in [0.5, 0.6) is 5.75 Å². The Morgan fingerprint density at radius 1 is 0.944 bits per heavy atom. The second-order valence-corrected chi connectivity index (χ2v) is 4.05. The Kier molecular flexibility index (Phi) is 2.57. The van der Waals surface area contributed by atoms with Crippen molar-refractivity contribution in [3.63, 3.8) is 0 Å². The van der Waals surface area contributed by atoms with Gasteiger partial charge >= 0.3 is 0 Å². The van der Waals surface area contributed by atoms with Crippen molar-refractivity contribution in [2.45, 2.75) is 0 Å². The molecule has 0 aliphatic heterocycles. The van der Waals surface area contributed by atoms with Crippen molar-refractivity contribution in [3.8, 4) is 5.75 Å². The summed E-state index contributed by atoms with van der Waals surface area (Å²) < 4.78 is 0. The molecule has 0 spiro atoms. The van der Waals surface area contributed by atoms with Gasteiger partial charge in [-0.05, 0) is 36.4 Å². The van der Waals surface area contributed by atoms with Crippen molar-refractivity contribution in [2.24, 2.45) is 0 Å². The minimum absolute atomic E-state index is 0.240. The lowest BCUT2D eigenvalue weighted by atomic mass is 10.2. The number of aromatic hydroxyl groups is 1. The van der Waals surface area contributed by atoms with Crippen LogP contribution in [0.3, 0.4) is 0 Å². The SMILES string of the molecule is Oc1ccccc1Nc1ccc2ncccc2c1. The highest BCUT2D eigenvalue weighted by molar-refractivity contribution is 5.83. The first-order chi connectivity index (χ1) is 8.83. The molecule has 0 atom stereocenters. The normalized spacial score (nSPS) is 10.4. The summed E-state index contributed by atoms with van der Waals surface area (Å²) in [7, 11) is 0. The second-order valence-electron chi connectivity index (χ2n) is 4.05. The van der Waals surface area contributed by atoms with E-state index in [9.17, 15) is 5.11 Å². The number of anilines is 2. The van der Waals surface area contributed by atoms with Gasteiger partial charge in [-0.15, -0.1) is 0 Å². The lowest BCUT2D eigenvalue weighted by Crippen LogP contribution is -1.90. The summed E-state index contributed by atoms with van der Waals surface area (Å²) in [5.41, 5.74) is 2.58. The van der Waals surface area contributed by atoms with Crippen LogP contribution in [0.2, 0.25) is 0 Å². The summed E-state index contributed by atoms with van der Waals surface area (Å²) in [6, 6.07) is 17.0. The summed E-state index contributed by atoms with van der Waals surface area (Å²) in [4.78, 5) is 4.27. The topological polar surface area (TPSA) is 45.1 Å². The molecule has 3 rings (SSSR count). The van der Waals surface area contributed by atoms with Crippen molar-refractivity contribution in [2.75, 3.05) is 5.32 Å². The Labute approximate surface area is 105 Å². The van der Waals surface area contributed by atoms with Crippen LogP contribution in [0.25, 0.3) is 10.9 Å². The Bertz CT molecular complexity index is 695. The fourth-order valence-corrected chi connectivity index (χ4v) is 1.89. The van der Waals surface area contributed by atoms with E-state index in [4.69, 9.17) is 0 Å². The van der Waals surface area contributed by atoms with Gasteiger partial charge in [0.05, 0.1) is 11.2 Å². The van der Waals surface area contributed by atoms with Gasteiger partial charge in [-0.3, -0.25) is 4.98 Å². The monoisotopic (exact) mass is 236 g/mol. The quantitative estimate of drug-likeness (QED) is 0.667. The zero-order valence-electron chi connectivity index (χ0n) is 9.67. The van der Waals surface area contributed by atoms with E-state index >= 15 is 0 Å². The molecule has 1 aromatic heterocycles. The molecule has 88 valence electrons. The van der Waals surface area contributed by atoms with E-state index in [1.54, 1.807) is 18.3 Å². The van der Waals surface area contributed by atoms with Gasteiger partial charge in [0.25, 0.3) is 0 Å². The fourth-order valence-electron chi connectivity index (χ4n) is 1.89. The van der Waals surface area contributed by atoms with Crippen LogP contribution in [-0.2, 0) is 0 Å². The van der Waals surface area contributed by atoms with Gasteiger partial charge in [0.1, 0.15) is 5.75 Å². The van der Waals surface area contributed by atoms with Crippen LogP contribution in [0.4, 0.5) is 11.4 Å². The molecule has 3 heteroatoms. The molecule has 2 N–H and O–H groups in total. The number of aromatic nitrogens is 1. The number of phenols is 1. The van der Waals surface area contributed by atoms with E-state index in [2.05, 4.69) is 10.3 Å². The highest BCUT2D eigenvalue weighted by atomic mass is 16.3. The van der Waals surface area contributed by atoms with E-state index in [0.29, 0.717) is 5.69 Å². The third-order valence-corrected chi connectivity index (χ3v) is 2.79. The lowest BCUT2D eigenvalue weighted by Gasteiger charge is -2.08. The third kappa shape index (κ3) is 1.98.